The fourth-order valence-corrected chi connectivity index (χ4v) is 5.55. The molecule has 4 aromatic rings. The van der Waals surface area contributed by atoms with Crippen molar-refractivity contribution >= 4 is 11.0 Å². The molecule has 40 heavy (non-hydrogen) atoms. The number of H-pyrrole nitrogens is 1. The zero-order chi connectivity index (χ0) is 27.4. The molecule has 2 aromatic carbocycles. The monoisotopic (exact) mass is 550 g/mol. The van der Waals surface area contributed by atoms with Crippen LogP contribution in [0.25, 0.3) is 33.4 Å². The molecule has 2 aromatic heterocycles. The van der Waals surface area contributed by atoms with Crippen LogP contribution in [-0.4, -0.2) is 77.7 Å². The van der Waals surface area contributed by atoms with E-state index in [9.17, 15) is 9.50 Å². The number of nitrogens with zero attached hydrogens (tertiary/aromatic N) is 1. The first kappa shape index (κ1) is 25.4. The molecule has 5 N–H and O–H groups in total. The highest BCUT2D eigenvalue weighted by Gasteiger charge is 2.59. The highest BCUT2D eigenvalue weighted by atomic mass is 19.1. The van der Waals surface area contributed by atoms with E-state index < -0.39 is 42.1 Å². The predicted molar refractivity (Wildman–Crippen MR) is 142 cm³/mol. The van der Waals surface area contributed by atoms with Gasteiger partial charge in [-0.3, -0.25) is 5.73 Å². The van der Waals surface area contributed by atoms with Crippen LogP contribution in [0.3, 0.4) is 0 Å². The van der Waals surface area contributed by atoms with Crippen molar-refractivity contribution in [2.24, 2.45) is 5.73 Å². The summed E-state index contributed by atoms with van der Waals surface area (Å²) in [5, 5.41) is 13.0. The molecule has 0 bridgehead atoms. The molecule has 208 valence electrons. The maximum Gasteiger partial charge on any atom is 0.194 e. The lowest BCUT2D eigenvalue weighted by atomic mass is 10.0. The number of benzene rings is 2. The smallest absolute Gasteiger partial charge is 0.194 e. The average molecular weight is 551 g/mol. The largest absolute Gasteiger partial charge is 0.486 e. The Morgan fingerprint density at radius 1 is 0.975 bits per heavy atom. The van der Waals surface area contributed by atoms with E-state index in [-0.39, 0.29) is 18.9 Å². The summed E-state index contributed by atoms with van der Waals surface area (Å²) in [6.07, 6.45) is -3.64. The van der Waals surface area contributed by atoms with Crippen LogP contribution in [-0.2, 0) is 9.47 Å². The van der Waals surface area contributed by atoms with Crippen LogP contribution in [0.1, 0.15) is 0 Å². The minimum atomic E-state index is -1.26. The molecule has 6 atom stereocenters. The third-order valence-electron chi connectivity index (χ3n) is 7.75. The molecule has 0 saturated carbocycles. The summed E-state index contributed by atoms with van der Waals surface area (Å²) in [6, 6.07) is 17.9. The van der Waals surface area contributed by atoms with Crippen molar-refractivity contribution in [1.29, 1.82) is 0 Å². The van der Waals surface area contributed by atoms with Crippen LogP contribution in [0.2, 0.25) is 0 Å². The number of aliphatic hydroxyl groups is 1. The normalized spacial score (nSPS) is 29.6. The van der Waals surface area contributed by atoms with Crippen molar-refractivity contribution in [3.63, 3.8) is 0 Å². The van der Waals surface area contributed by atoms with Crippen molar-refractivity contribution in [2.45, 2.75) is 36.3 Å². The van der Waals surface area contributed by atoms with Crippen LogP contribution < -0.4 is 20.5 Å². The molecule has 9 nitrogen and oxygen atoms in total. The van der Waals surface area contributed by atoms with E-state index in [1.165, 1.54) is 6.07 Å². The quantitative estimate of drug-likeness (QED) is 0.289. The summed E-state index contributed by atoms with van der Waals surface area (Å²) in [5.41, 5.74) is 8.77. The van der Waals surface area contributed by atoms with Gasteiger partial charge in [-0.25, -0.2) is 13.8 Å². The van der Waals surface area contributed by atoms with Crippen molar-refractivity contribution in [2.75, 3.05) is 26.3 Å². The first-order valence-electron chi connectivity index (χ1n) is 13.2. The van der Waals surface area contributed by atoms with Gasteiger partial charge >= 0.3 is 0 Å². The van der Waals surface area contributed by atoms with Crippen molar-refractivity contribution in [1.82, 2.24) is 15.3 Å². The van der Waals surface area contributed by atoms with Crippen LogP contribution in [0.15, 0.2) is 60.7 Å². The summed E-state index contributed by atoms with van der Waals surface area (Å²) in [7, 11) is 0. The Kier molecular flexibility index (Phi) is 6.21. The SMILES string of the molecule is N[C@]12OC[C@@H](O)[C@H]1OC[C@H]2Oc1cc2nc(-c3ccc(-c4ccc(OC5CNC[C@H]5F)cc4)cc3)c(F)cc2[nH]1. The number of rotatable bonds is 6. The standard InChI is InChI=1S/C29H28F2N4O5/c30-19-9-21-22(10-26(34-21)40-25-14-37-28-23(36)13-38-29(25,28)32)35-27(19)17-3-1-15(2-4-17)16-5-7-18(8-6-16)39-24-12-33-11-20(24)31/h1-10,20,23-25,28,33-34,36H,11-14,32H2/t20-,23-,24?,25-,28-,29-/m1/s1. The summed E-state index contributed by atoms with van der Waals surface area (Å²) in [5.74, 6) is 0.475. The Labute approximate surface area is 228 Å². The van der Waals surface area contributed by atoms with Gasteiger partial charge in [0.25, 0.3) is 0 Å². The minimum absolute atomic E-state index is 0.0710. The molecule has 11 heteroatoms. The Morgan fingerprint density at radius 3 is 2.42 bits per heavy atom. The van der Waals surface area contributed by atoms with Gasteiger partial charge in [0.1, 0.15) is 29.8 Å². The van der Waals surface area contributed by atoms with Crippen LogP contribution in [0.4, 0.5) is 8.78 Å². The second kappa shape index (κ2) is 9.79. The zero-order valence-electron chi connectivity index (χ0n) is 21.3. The van der Waals surface area contributed by atoms with E-state index in [1.54, 1.807) is 6.07 Å². The van der Waals surface area contributed by atoms with E-state index in [4.69, 9.17) is 24.7 Å². The number of aromatic amines is 1. The second-order valence-corrected chi connectivity index (χ2v) is 10.4. The molecule has 0 aliphatic carbocycles. The summed E-state index contributed by atoms with van der Waals surface area (Å²) in [6.45, 7) is 1.02. The lowest BCUT2D eigenvalue weighted by Gasteiger charge is -2.27. The Bertz CT molecular complexity index is 1530. The maximum atomic E-state index is 15.1. The predicted octanol–water partition coefficient (Wildman–Crippen LogP) is 2.92. The number of nitrogens with two attached hydrogens (primary N) is 1. The van der Waals surface area contributed by atoms with E-state index in [0.29, 0.717) is 41.3 Å². The molecule has 7 rings (SSSR count). The second-order valence-electron chi connectivity index (χ2n) is 10.4. The molecule has 0 amide bonds. The molecule has 3 aliphatic heterocycles. The number of halogens is 2. The lowest BCUT2D eigenvalue weighted by molar-refractivity contribution is -0.0637. The van der Waals surface area contributed by atoms with Gasteiger partial charge in [-0.15, -0.1) is 0 Å². The highest BCUT2D eigenvalue weighted by Crippen LogP contribution is 2.36. The number of nitrogens with one attached hydrogen (secondary N) is 2. The van der Waals surface area contributed by atoms with Gasteiger partial charge in [-0.1, -0.05) is 36.4 Å². The summed E-state index contributed by atoms with van der Waals surface area (Å²) < 4.78 is 51.8. The van der Waals surface area contributed by atoms with Crippen molar-refractivity contribution in [3.8, 4) is 34.0 Å². The third-order valence-corrected chi connectivity index (χ3v) is 7.75. The highest BCUT2D eigenvalue weighted by molar-refractivity contribution is 5.81. The molecular formula is C29H28F2N4O5. The molecule has 3 aliphatic rings. The molecule has 0 radical (unpaired) electrons. The molecular weight excluding hydrogens is 522 g/mol. The minimum Gasteiger partial charge on any atom is -0.486 e. The van der Waals surface area contributed by atoms with E-state index in [0.717, 1.165) is 11.1 Å². The Morgan fingerprint density at radius 2 is 1.70 bits per heavy atom. The molecule has 0 spiro atoms. The van der Waals surface area contributed by atoms with Gasteiger partial charge in [0.05, 0.1) is 24.2 Å². The topological polar surface area (TPSA) is 124 Å². The Hall–Kier alpha value is -3.61. The maximum absolute atomic E-state index is 15.1. The van der Waals surface area contributed by atoms with Gasteiger partial charge in [-0.2, -0.15) is 0 Å². The fourth-order valence-electron chi connectivity index (χ4n) is 5.55. The molecule has 3 fully saturated rings. The molecule has 5 heterocycles. The number of aliphatic hydroxyl groups excluding tert-OH is 1. The average Bonchev–Trinajstić information content (AvgIpc) is 3.70. The van der Waals surface area contributed by atoms with E-state index >= 15 is 4.39 Å². The van der Waals surface area contributed by atoms with Crippen molar-refractivity contribution < 1.29 is 32.8 Å². The Balaban J connectivity index is 1.07. The first-order valence-corrected chi connectivity index (χ1v) is 13.2. The number of ether oxygens (including phenoxy) is 4. The third kappa shape index (κ3) is 4.40. The first-order chi connectivity index (χ1) is 19.4. The lowest BCUT2D eigenvalue weighted by Crippen LogP contribution is -2.57. The van der Waals surface area contributed by atoms with Crippen molar-refractivity contribution in [3.05, 3.63) is 66.5 Å². The van der Waals surface area contributed by atoms with Gasteiger partial charge in [0.2, 0.25) is 0 Å². The number of fused-ring (bicyclic) bond motifs is 2. The van der Waals surface area contributed by atoms with Gasteiger partial charge in [0.15, 0.2) is 29.7 Å². The van der Waals surface area contributed by atoms with Gasteiger partial charge < -0.3 is 34.4 Å². The summed E-state index contributed by atoms with van der Waals surface area (Å²) >= 11 is 0. The molecule has 1 unspecified atom stereocenters. The van der Waals surface area contributed by atoms with E-state index in [2.05, 4.69) is 15.3 Å². The number of hydrogen-bond donors (Lipinski definition) is 4. The van der Waals surface area contributed by atoms with Crippen LogP contribution in [0, 0.1) is 5.82 Å². The zero-order valence-corrected chi connectivity index (χ0v) is 21.3. The van der Waals surface area contributed by atoms with Gasteiger partial charge in [-0.05, 0) is 23.3 Å². The molecule has 3 saturated heterocycles. The number of hydrogen-bond acceptors (Lipinski definition) is 8. The van der Waals surface area contributed by atoms with E-state index in [1.807, 2.05) is 48.5 Å². The van der Waals surface area contributed by atoms with Crippen LogP contribution >= 0.6 is 0 Å². The summed E-state index contributed by atoms with van der Waals surface area (Å²) in [4.78, 5) is 7.55. The fraction of sp³-hybridized carbons (Fsp3) is 0.345. The number of pyridine rings is 1. The van der Waals surface area contributed by atoms with Gasteiger partial charge in [0, 0.05) is 30.8 Å². The number of alkyl halides is 1. The van der Waals surface area contributed by atoms with Crippen LogP contribution in [0.5, 0.6) is 11.6 Å². The number of aromatic nitrogens is 2.